The van der Waals surface area contributed by atoms with Gasteiger partial charge in [-0.2, -0.15) is 5.10 Å². The van der Waals surface area contributed by atoms with E-state index in [-0.39, 0.29) is 42.1 Å². The predicted octanol–water partition coefficient (Wildman–Crippen LogP) is 4.54. The van der Waals surface area contributed by atoms with Crippen molar-refractivity contribution in [2.45, 2.75) is 50.5 Å². The van der Waals surface area contributed by atoms with E-state index in [1.54, 1.807) is 34.8 Å². The number of phenols is 1. The number of piperidine rings is 3. The number of aromatic nitrogens is 3. The van der Waals surface area contributed by atoms with Crippen LogP contribution in [0.5, 0.6) is 11.5 Å². The average Bonchev–Trinajstić information content (AvgIpc) is 3.59. The van der Waals surface area contributed by atoms with Gasteiger partial charge in [-0.15, -0.1) is 0 Å². The number of ether oxygens (including phenoxy) is 1. The lowest BCUT2D eigenvalue weighted by molar-refractivity contribution is -0.000814. The molecule has 0 saturated carbocycles. The highest BCUT2D eigenvalue weighted by Gasteiger charge is 2.43. The zero-order valence-electron chi connectivity index (χ0n) is 31.4. The quantitative estimate of drug-likeness (QED) is 0.0780. The number of nitrogens with zero attached hydrogens (tertiary/aromatic N) is 4. The number of phenolic OH excluding ortho intramolecular Hbond substituents is 1. The van der Waals surface area contributed by atoms with E-state index >= 15 is 0 Å². The van der Waals surface area contributed by atoms with Crippen LogP contribution in [-0.2, 0) is 13.7 Å². The molecule has 3 aliphatic rings. The topological polar surface area (TPSA) is 185 Å². The lowest BCUT2D eigenvalue weighted by atomic mass is 9.81. The van der Waals surface area contributed by atoms with E-state index in [9.17, 15) is 29.7 Å². The second-order valence-corrected chi connectivity index (χ2v) is 14.7. The third-order valence-corrected chi connectivity index (χ3v) is 11.0. The number of aryl methyl sites for hydroxylation is 1. The number of carbonyl (C=O) groups is 2. The minimum Gasteiger partial charge on any atom is -0.506 e. The van der Waals surface area contributed by atoms with Gasteiger partial charge in [-0.25, -0.2) is 4.79 Å². The second kappa shape index (κ2) is 17.4. The maximum Gasteiger partial charge on any atom is 0.408 e. The summed E-state index contributed by atoms with van der Waals surface area (Å²) in [4.78, 5) is 44.3. The second-order valence-electron chi connectivity index (χ2n) is 14.7. The average molecular weight is 764 g/mol. The lowest BCUT2D eigenvalue weighted by Crippen LogP contribution is -2.59. The van der Waals surface area contributed by atoms with Gasteiger partial charge < -0.3 is 40.6 Å². The van der Waals surface area contributed by atoms with Gasteiger partial charge in [0, 0.05) is 38.1 Å². The SMILES string of the molecule is Cn1nc(C(=O)NCCCCNCC(O)c2ccc(O)c3[nH]c(=O)ccc23)cc1COc1cccc([C@H](c2ccccc2)N(C(=O)O)C2CN3CCC2CC3)c1. The van der Waals surface area contributed by atoms with Gasteiger partial charge in [0.15, 0.2) is 5.69 Å². The number of rotatable bonds is 16. The normalized spacial score (nSPS) is 18.7. The molecule has 0 spiro atoms. The molecule has 3 saturated heterocycles. The molecule has 294 valence electrons. The van der Waals surface area contributed by atoms with Gasteiger partial charge in [-0.05, 0) is 98.3 Å². The van der Waals surface area contributed by atoms with Gasteiger partial charge >= 0.3 is 6.09 Å². The van der Waals surface area contributed by atoms with Crippen molar-refractivity contribution in [2.75, 3.05) is 39.3 Å². The Hall–Kier alpha value is -5.70. The van der Waals surface area contributed by atoms with Crippen LogP contribution in [0.3, 0.4) is 0 Å². The molecule has 5 heterocycles. The molecule has 3 aromatic carbocycles. The van der Waals surface area contributed by atoms with Crippen molar-refractivity contribution in [1.29, 1.82) is 0 Å². The first-order valence-electron chi connectivity index (χ1n) is 19.2. The molecule has 3 fully saturated rings. The number of aromatic hydroxyl groups is 1. The fraction of sp³-hybridized carbons (Fsp3) is 0.381. The van der Waals surface area contributed by atoms with E-state index in [1.165, 1.54) is 12.1 Å². The molecule has 0 radical (unpaired) electrons. The molecule has 14 nitrogen and oxygen atoms in total. The van der Waals surface area contributed by atoms with Crippen molar-refractivity contribution in [1.82, 2.24) is 35.2 Å². The molecule has 56 heavy (non-hydrogen) atoms. The van der Waals surface area contributed by atoms with Crippen molar-refractivity contribution in [3.63, 3.8) is 0 Å². The van der Waals surface area contributed by atoms with Crippen LogP contribution in [0.25, 0.3) is 10.9 Å². The number of fused-ring (bicyclic) bond motifs is 4. The van der Waals surface area contributed by atoms with Crippen molar-refractivity contribution in [2.24, 2.45) is 13.0 Å². The largest absolute Gasteiger partial charge is 0.506 e. The highest BCUT2D eigenvalue weighted by molar-refractivity contribution is 5.92. The Bertz CT molecular complexity index is 2200. The molecule has 3 atom stereocenters. The Balaban J connectivity index is 0.907. The number of hydrogen-bond donors (Lipinski definition) is 6. The van der Waals surface area contributed by atoms with Gasteiger partial charge in [0.25, 0.3) is 5.91 Å². The first kappa shape index (κ1) is 38.6. The molecular formula is C42H49N7O7. The zero-order chi connectivity index (χ0) is 39.2. The molecule has 0 aliphatic carbocycles. The Kier molecular flexibility index (Phi) is 12.0. The summed E-state index contributed by atoms with van der Waals surface area (Å²) in [7, 11) is 1.76. The zero-order valence-corrected chi connectivity index (χ0v) is 31.4. The van der Waals surface area contributed by atoms with Crippen LogP contribution in [0.2, 0.25) is 0 Å². The maximum atomic E-state index is 13.0. The molecular weight excluding hydrogens is 715 g/mol. The number of pyridine rings is 1. The number of aliphatic hydroxyl groups is 1. The number of unbranched alkanes of at least 4 members (excludes halogenated alkanes) is 1. The Morgan fingerprint density at radius 2 is 1.75 bits per heavy atom. The first-order valence-corrected chi connectivity index (χ1v) is 19.2. The molecule has 2 bridgehead atoms. The van der Waals surface area contributed by atoms with Gasteiger partial charge in [0.05, 0.1) is 29.4 Å². The van der Waals surface area contributed by atoms with Gasteiger partial charge in [-0.3, -0.25) is 19.2 Å². The number of H-pyrrole nitrogens is 1. The first-order chi connectivity index (χ1) is 27.2. The highest BCUT2D eigenvalue weighted by Crippen LogP contribution is 2.39. The van der Waals surface area contributed by atoms with E-state index in [1.807, 2.05) is 54.6 Å². The fourth-order valence-electron chi connectivity index (χ4n) is 8.09. The van der Waals surface area contributed by atoms with Crippen molar-refractivity contribution in [3.8, 4) is 11.5 Å². The minimum atomic E-state index is -0.932. The molecule has 8 rings (SSSR count). The summed E-state index contributed by atoms with van der Waals surface area (Å²) in [6, 6.07) is 24.5. The smallest absolute Gasteiger partial charge is 0.408 e. The van der Waals surface area contributed by atoms with Crippen molar-refractivity contribution >= 4 is 22.9 Å². The Morgan fingerprint density at radius 1 is 0.982 bits per heavy atom. The predicted molar refractivity (Wildman–Crippen MR) is 211 cm³/mol. The van der Waals surface area contributed by atoms with Crippen LogP contribution in [0.4, 0.5) is 4.79 Å². The van der Waals surface area contributed by atoms with E-state index < -0.39 is 18.2 Å². The van der Waals surface area contributed by atoms with Crippen LogP contribution in [0.15, 0.2) is 89.7 Å². The third-order valence-electron chi connectivity index (χ3n) is 11.0. The summed E-state index contributed by atoms with van der Waals surface area (Å²) in [5.74, 6) is 0.570. The number of benzene rings is 3. The number of aromatic amines is 1. The molecule has 14 heteroatoms. The van der Waals surface area contributed by atoms with Crippen molar-refractivity contribution < 1.29 is 29.6 Å². The minimum absolute atomic E-state index is 0.0562. The van der Waals surface area contributed by atoms with Crippen LogP contribution < -0.4 is 20.9 Å². The summed E-state index contributed by atoms with van der Waals surface area (Å²) >= 11 is 0. The number of hydrogen-bond acceptors (Lipinski definition) is 9. The standard InChI is InChI=1S/C42H49N7O7/c1-47-30(23-34(46-47)41(53)44-19-6-5-18-43-24-37(51)32-12-14-36(50)39-33(32)13-15-38(52)45-39)26-56-31-11-7-10-29(22-31)40(28-8-3-2-4-9-28)49(42(54)55)35-25-48-20-16-27(35)17-21-48/h2-4,7-15,22-23,27,35,37,40,43,50-51H,5-6,16-21,24-26H2,1H3,(H,44,53)(H,45,52)(H,54,55)/t35?,37?,40-/m0/s1. The molecule has 6 N–H and O–H groups in total. The number of aliphatic hydroxyl groups excluding tert-OH is 1. The summed E-state index contributed by atoms with van der Waals surface area (Å²) in [5.41, 5.74) is 3.27. The van der Waals surface area contributed by atoms with E-state index in [0.29, 0.717) is 53.3 Å². The monoisotopic (exact) mass is 763 g/mol. The molecule has 3 aliphatic heterocycles. The van der Waals surface area contributed by atoms with Gasteiger partial charge in [0.1, 0.15) is 18.1 Å². The van der Waals surface area contributed by atoms with Crippen LogP contribution in [0, 0.1) is 5.92 Å². The molecule has 2 unspecified atom stereocenters. The van der Waals surface area contributed by atoms with Gasteiger partial charge in [0.2, 0.25) is 5.56 Å². The summed E-state index contributed by atoms with van der Waals surface area (Å²) < 4.78 is 7.84. The van der Waals surface area contributed by atoms with Crippen LogP contribution in [0.1, 0.15) is 70.7 Å². The molecule has 2 aromatic heterocycles. The number of carbonyl (C=O) groups excluding carboxylic acids is 1. The Labute approximate surface area is 324 Å². The van der Waals surface area contributed by atoms with Gasteiger partial charge in [-0.1, -0.05) is 48.5 Å². The Morgan fingerprint density at radius 3 is 2.50 bits per heavy atom. The lowest BCUT2D eigenvalue weighted by Gasteiger charge is -2.50. The van der Waals surface area contributed by atoms with E-state index in [4.69, 9.17) is 4.74 Å². The molecule has 5 aromatic rings. The van der Waals surface area contributed by atoms with Crippen molar-refractivity contribution in [3.05, 3.63) is 123 Å². The number of carboxylic acid groups (broad SMARTS) is 1. The highest BCUT2D eigenvalue weighted by atomic mass is 16.5. The summed E-state index contributed by atoms with van der Waals surface area (Å²) in [6.07, 6.45) is 1.69. The maximum absolute atomic E-state index is 13.0. The van der Waals surface area contributed by atoms with Crippen LogP contribution in [-0.4, -0.2) is 97.2 Å². The fourth-order valence-corrected chi connectivity index (χ4v) is 8.09. The van der Waals surface area contributed by atoms with E-state index in [2.05, 4.69) is 25.6 Å². The summed E-state index contributed by atoms with van der Waals surface area (Å²) in [5, 5.41) is 42.6. The third kappa shape index (κ3) is 8.72. The number of amides is 2. The molecule has 2 amide bonds. The number of nitrogens with one attached hydrogen (secondary N) is 3. The van der Waals surface area contributed by atoms with Crippen LogP contribution >= 0.6 is 0 Å². The summed E-state index contributed by atoms with van der Waals surface area (Å²) in [6.45, 7) is 4.28. The van der Waals surface area contributed by atoms with E-state index in [0.717, 1.165) is 50.0 Å².